The smallest absolute Gasteiger partial charge is 0.267 e. The molecule has 1 aliphatic heterocycles. The van der Waals surface area contributed by atoms with Gasteiger partial charge in [0, 0.05) is 37.9 Å². The standard InChI is InChI=1S/C23H25N5O3/c1-31-20-10-6-5-9-19(20)24-22(29)17-28-23(30)12-11-21(25-28)27-15-13-26(14-16-27)18-7-3-2-4-8-18/h2-12H,13-17H2,1H3,(H,24,29). The summed E-state index contributed by atoms with van der Waals surface area (Å²) in [7, 11) is 1.54. The van der Waals surface area contributed by atoms with Crippen LogP contribution in [0.25, 0.3) is 0 Å². The van der Waals surface area contributed by atoms with Crippen LogP contribution < -0.4 is 25.4 Å². The lowest BCUT2D eigenvalue weighted by Crippen LogP contribution is -2.47. The van der Waals surface area contributed by atoms with Crippen molar-refractivity contribution in [1.29, 1.82) is 0 Å². The van der Waals surface area contributed by atoms with Gasteiger partial charge in [0.15, 0.2) is 0 Å². The first-order valence-corrected chi connectivity index (χ1v) is 10.2. The molecule has 1 amide bonds. The molecule has 8 nitrogen and oxygen atoms in total. The zero-order chi connectivity index (χ0) is 21.6. The number of carbonyl (C=O) groups excluding carboxylic acids is 1. The molecule has 1 fully saturated rings. The fourth-order valence-electron chi connectivity index (χ4n) is 3.63. The van der Waals surface area contributed by atoms with Gasteiger partial charge in [0.2, 0.25) is 5.91 Å². The van der Waals surface area contributed by atoms with Gasteiger partial charge in [-0.25, -0.2) is 4.68 Å². The van der Waals surface area contributed by atoms with E-state index in [0.29, 0.717) is 17.3 Å². The van der Waals surface area contributed by atoms with Crippen LogP contribution in [-0.2, 0) is 11.3 Å². The number of carbonyl (C=O) groups is 1. The number of methoxy groups -OCH3 is 1. The van der Waals surface area contributed by atoms with Crippen LogP contribution in [0.15, 0.2) is 71.5 Å². The molecule has 4 rings (SSSR count). The summed E-state index contributed by atoms with van der Waals surface area (Å²) in [6.45, 7) is 3.12. The van der Waals surface area contributed by atoms with Gasteiger partial charge in [0.25, 0.3) is 5.56 Å². The largest absolute Gasteiger partial charge is 0.495 e. The molecule has 0 atom stereocenters. The molecular formula is C23H25N5O3. The topological polar surface area (TPSA) is 79.7 Å². The maximum atomic E-state index is 12.5. The summed E-state index contributed by atoms with van der Waals surface area (Å²) in [6.07, 6.45) is 0. The van der Waals surface area contributed by atoms with Crippen molar-refractivity contribution >= 4 is 23.1 Å². The van der Waals surface area contributed by atoms with Crippen LogP contribution in [0.1, 0.15) is 0 Å². The number of hydrogen-bond acceptors (Lipinski definition) is 6. The lowest BCUT2D eigenvalue weighted by Gasteiger charge is -2.36. The molecule has 0 saturated carbocycles. The van der Waals surface area contributed by atoms with Crippen LogP contribution in [0.4, 0.5) is 17.2 Å². The molecule has 1 saturated heterocycles. The second-order valence-electron chi connectivity index (χ2n) is 7.25. The fourth-order valence-corrected chi connectivity index (χ4v) is 3.63. The van der Waals surface area contributed by atoms with E-state index in [4.69, 9.17) is 4.74 Å². The van der Waals surface area contributed by atoms with Gasteiger partial charge < -0.3 is 19.9 Å². The number of benzene rings is 2. The summed E-state index contributed by atoms with van der Waals surface area (Å²) < 4.78 is 6.45. The highest BCUT2D eigenvalue weighted by molar-refractivity contribution is 5.92. The molecule has 1 aliphatic rings. The Morgan fingerprint density at radius 1 is 0.935 bits per heavy atom. The third kappa shape index (κ3) is 4.85. The number of piperazine rings is 1. The Kier molecular flexibility index (Phi) is 6.16. The molecule has 1 aromatic heterocycles. The number of rotatable bonds is 6. The van der Waals surface area contributed by atoms with Crippen molar-refractivity contribution in [3.63, 3.8) is 0 Å². The van der Waals surface area contributed by atoms with Gasteiger partial charge >= 0.3 is 0 Å². The molecule has 1 N–H and O–H groups in total. The van der Waals surface area contributed by atoms with E-state index < -0.39 is 0 Å². The van der Waals surface area contributed by atoms with E-state index in [1.54, 1.807) is 24.3 Å². The van der Waals surface area contributed by atoms with Gasteiger partial charge in [0.05, 0.1) is 12.8 Å². The van der Waals surface area contributed by atoms with Gasteiger partial charge in [-0.15, -0.1) is 0 Å². The van der Waals surface area contributed by atoms with Crippen LogP contribution in [0.5, 0.6) is 5.75 Å². The molecular weight excluding hydrogens is 394 g/mol. The Morgan fingerprint density at radius 3 is 2.35 bits per heavy atom. The number of amides is 1. The number of hydrogen-bond donors (Lipinski definition) is 1. The maximum Gasteiger partial charge on any atom is 0.267 e. The molecule has 31 heavy (non-hydrogen) atoms. The average molecular weight is 419 g/mol. The molecule has 0 unspecified atom stereocenters. The van der Waals surface area contributed by atoms with Crippen LogP contribution in [0.2, 0.25) is 0 Å². The number of nitrogens with zero attached hydrogens (tertiary/aromatic N) is 4. The third-order valence-corrected chi connectivity index (χ3v) is 5.25. The summed E-state index contributed by atoms with van der Waals surface area (Å²) >= 11 is 0. The molecule has 2 aromatic carbocycles. The molecule has 0 radical (unpaired) electrons. The lowest BCUT2D eigenvalue weighted by atomic mass is 10.2. The fraction of sp³-hybridized carbons (Fsp3) is 0.261. The summed E-state index contributed by atoms with van der Waals surface area (Å²) in [6, 6.07) is 20.6. The average Bonchev–Trinajstić information content (AvgIpc) is 2.81. The quantitative estimate of drug-likeness (QED) is 0.660. The maximum absolute atomic E-state index is 12.5. The monoisotopic (exact) mass is 419 g/mol. The Hall–Kier alpha value is -3.81. The molecule has 3 aromatic rings. The van der Waals surface area contributed by atoms with Crippen molar-refractivity contribution in [2.75, 3.05) is 48.4 Å². The molecule has 0 bridgehead atoms. The third-order valence-electron chi connectivity index (χ3n) is 5.25. The van der Waals surface area contributed by atoms with Gasteiger partial charge in [0.1, 0.15) is 18.1 Å². The first-order valence-electron chi connectivity index (χ1n) is 10.2. The second kappa shape index (κ2) is 9.34. The second-order valence-corrected chi connectivity index (χ2v) is 7.25. The number of anilines is 3. The molecule has 160 valence electrons. The number of aromatic nitrogens is 2. The van der Waals surface area contributed by atoms with E-state index in [1.165, 1.54) is 23.5 Å². The predicted octanol–water partition coefficient (Wildman–Crippen LogP) is 2.22. The van der Waals surface area contributed by atoms with E-state index in [1.807, 2.05) is 24.3 Å². The van der Waals surface area contributed by atoms with Gasteiger partial charge in [-0.3, -0.25) is 9.59 Å². The minimum atomic E-state index is -0.342. The highest BCUT2D eigenvalue weighted by atomic mass is 16.5. The van der Waals surface area contributed by atoms with Crippen molar-refractivity contribution in [3.05, 3.63) is 77.1 Å². The minimum Gasteiger partial charge on any atom is -0.495 e. The number of para-hydroxylation sites is 3. The summed E-state index contributed by atoms with van der Waals surface area (Å²) in [5.74, 6) is 0.906. The Balaban J connectivity index is 1.42. The van der Waals surface area contributed by atoms with E-state index in [2.05, 4.69) is 32.3 Å². The van der Waals surface area contributed by atoms with Gasteiger partial charge in [-0.05, 0) is 30.3 Å². The van der Waals surface area contributed by atoms with Gasteiger partial charge in [-0.1, -0.05) is 30.3 Å². The van der Waals surface area contributed by atoms with Crippen LogP contribution in [0.3, 0.4) is 0 Å². The lowest BCUT2D eigenvalue weighted by molar-refractivity contribution is -0.117. The normalized spacial score (nSPS) is 13.7. The summed E-state index contributed by atoms with van der Waals surface area (Å²) in [5, 5.41) is 7.21. The Morgan fingerprint density at radius 2 is 1.61 bits per heavy atom. The van der Waals surface area contributed by atoms with Crippen molar-refractivity contribution in [1.82, 2.24) is 9.78 Å². The van der Waals surface area contributed by atoms with Crippen molar-refractivity contribution in [2.24, 2.45) is 0 Å². The molecule has 2 heterocycles. The Labute approximate surface area is 180 Å². The zero-order valence-electron chi connectivity index (χ0n) is 17.4. The summed E-state index contributed by atoms with van der Waals surface area (Å²) in [4.78, 5) is 29.2. The summed E-state index contributed by atoms with van der Waals surface area (Å²) in [5.41, 5.74) is 1.44. The minimum absolute atomic E-state index is 0.172. The van der Waals surface area contributed by atoms with Crippen molar-refractivity contribution in [2.45, 2.75) is 6.54 Å². The van der Waals surface area contributed by atoms with Crippen molar-refractivity contribution < 1.29 is 9.53 Å². The number of nitrogens with one attached hydrogen (secondary N) is 1. The van der Waals surface area contributed by atoms with Gasteiger partial charge in [-0.2, -0.15) is 5.10 Å². The van der Waals surface area contributed by atoms with E-state index >= 15 is 0 Å². The van der Waals surface area contributed by atoms with Crippen molar-refractivity contribution in [3.8, 4) is 5.75 Å². The zero-order valence-corrected chi connectivity index (χ0v) is 17.4. The van der Waals surface area contributed by atoms with E-state index in [0.717, 1.165) is 26.2 Å². The first kappa shape index (κ1) is 20.5. The predicted molar refractivity (Wildman–Crippen MR) is 121 cm³/mol. The highest BCUT2D eigenvalue weighted by Crippen LogP contribution is 2.23. The SMILES string of the molecule is COc1ccccc1NC(=O)Cn1nc(N2CCN(c3ccccc3)CC2)ccc1=O. The molecule has 0 aliphatic carbocycles. The van der Waals surface area contributed by atoms with E-state index in [9.17, 15) is 9.59 Å². The van der Waals surface area contributed by atoms with Crippen LogP contribution in [0, 0.1) is 0 Å². The molecule has 8 heteroatoms. The Bertz CT molecular complexity index is 1090. The van der Waals surface area contributed by atoms with E-state index in [-0.39, 0.29) is 18.0 Å². The first-order chi connectivity index (χ1) is 15.1. The molecule has 0 spiro atoms. The number of ether oxygens (including phenoxy) is 1. The van der Waals surface area contributed by atoms with Crippen LogP contribution >= 0.6 is 0 Å². The highest BCUT2D eigenvalue weighted by Gasteiger charge is 2.19. The van der Waals surface area contributed by atoms with Crippen LogP contribution in [-0.4, -0.2) is 49.0 Å².